The van der Waals surface area contributed by atoms with E-state index in [1.54, 1.807) is 25.1 Å². The number of halogens is 1. The van der Waals surface area contributed by atoms with E-state index in [2.05, 4.69) is 4.98 Å². The summed E-state index contributed by atoms with van der Waals surface area (Å²) in [6.45, 7) is 1.96. The quantitative estimate of drug-likeness (QED) is 0.871. The third-order valence-electron chi connectivity index (χ3n) is 2.76. The van der Waals surface area contributed by atoms with Crippen LogP contribution in [0, 0.1) is 6.92 Å². The average molecular weight is 280 g/mol. The molecule has 0 spiro atoms. The molecule has 6 heteroatoms. The highest BCUT2D eigenvalue weighted by molar-refractivity contribution is 6.31. The maximum absolute atomic E-state index is 12.0. The summed E-state index contributed by atoms with van der Waals surface area (Å²) in [6, 6.07) is 6.90. The molecule has 0 atom stereocenters. The van der Waals surface area contributed by atoms with Crippen LogP contribution in [0.2, 0.25) is 5.02 Å². The third kappa shape index (κ3) is 2.71. The van der Waals surface area contributed by atoms with Crippen molar-refractivity contribution in [1.82, 2.24) is 9.55 Å². The van der Waals surface area contributed by atoms with Crippen LogP contribution in [0.1, 0.15) is 11.3 Å². The zero-order chi connectivity index (χ0) is 14.0. The summed E-state index contributed by atoms with van der Waals surface area (Å²) in [5, 5.41) is 0.509. The Hall–Kier alpha value is -2.01. The Bertz CT molecular complexity index is 647. The molecule has 19 heavy (non-hydrogen) atoms. The Balaban J connectivity index is 2.52. The van der Waals surface area contributed by atoms with Crippen LogP contribution in [-0.2, 0) is 6.54 Å². The zero-order valence-corrected chi connectivity index (χ0v) is 11.4. The van der Waals surface area contributed by atoms with Gasteiger partial charge in [-0.1, -0.05) is 17.7 Å². The minimum Gasteiger partial charge on any atom is -0.468 e. The Morgan fingerprint density at radius 3 is 2.84 bits per heavy atom. The Morgan fingerprint density at radius 2 is 2.21 bits per heavy atom. The van der Waals surface area contributed by atoms with Gasteiger partial charge < -0.3 is 10.5 Å². The second-order valence-corrected chi connectivity index (χ2v) is 4.52. The monoisotopic (exact) mass is 279 g/mol. The maximum Gasteiger partial charge on any atom is 0.299 e. The SMILES string of the molecule is COc1nc(C)cc(=O)n1Cc1c(N)cccc1Cl. The zero-order valence-electron chi connectivity index (χ0n) is 10.7. The molecule has 1 aromatic carbocycles. The van der Waals surface area contributed by atoms with Gasteiger partial charge in [0.15, 0.2) is 0 Å². The number of benzene rings is 1. The number of aromatic nitrogens is 2. The molecule has 0 aliphatic heterocycles. The highest BCUT2D eigenvalue weighted by Crippen LogP contribution is 2.23. The van der Waals surface area contributed by atoms with Crippen molar-refractivity contribution < 1.29 is 4.74 Å². The molecule has 0 aliphatic carbocycles. The van der Waals surface area contributed by atoms with Crippen molar-refractivity contribution in [3.05, 3.63) is 50.9 Å². The van der Waals surface area contributed by atoms with Crippen LogP contribution in [0.4, 0.5) is 5.69 Å². The molecular weight excluding hydrogens is 266 g/mol. The van der Waals surface area contributed by atoms with E-state index < -0.39 is 0 Å². The third-order valence-corrected chi connectivity index (χ3v) is 3.11. The number of nitrogens with two attached hydrogens (primary N) is 1. The van der Waals surface area contributed by atoms with Crippen molar-refractivity contribution in [1.29, 1.82) is 0 Å². The van der Waals surface area contributed by atoms with Crippen molar-refractivity contribution in [2.75, 3.05) is 12.8 Å². The molecule has 2 N–H and O–H groups in total. The second kappa shape index (κ2) is 5.32. The summed E-state index contributed by atoms with van der Waals surface area (Å²) in [6.07, 6.45) is 0. The predicted octanol–water partition coefficient (Wildman–Crippen LogP) is 1.84. The molecule has 0 bridgehead atoms. The van der Waals surface area contributed by atoms with Gasteiger partial charge in [0.05, 0.1) is 13.7 Å². The lowest BCUT2D eigenvalue weighted by molar-refractivity contribution is 0.350. The fourth-order valence-electron chi connectivity index (χ4n) is 1.80. The summed E-state index contributed by atoms with van der Waals surface area (Å²) >= 11 is 6.10. The van der Waals surface area contributed by atoms with Crippen LogP contribution < -0.4 is 16.0 Å². The first-order valence-corrected chi connectivity index (χ1v) is 6.06. The first-order chi connectivity index (χ1) is 9.02. The van der Waals surface area contributed by atoms with Gasteiger partial charge in [0.2, 0.25) is 0 Å². The molecule has 0 aliphatic rings. The van der Waals surface area contributed by atoms with Crippen LogP contribution >= 0.6 is 11.6 Å². The molecule has 100 valence electrons. The normalized spacial score (nSPS) is 10.5. The van der Waals surface area contributed by atoms with Gasteiger partial charge in [0, 0.05) is 28.0 Å². The van der Waals surface area contributed by atoms with Crippen LogP contribution in [-0.4, -0.2) is 16.7 Å². The number of nitrogen functional groups attached to an aromatic ring is 1. The van der Waals surface area contributed by atoms with Crippen LogP contribution in [0.5, 0.6) is 6.01 Å². The number of hydrogen-bond acceptors (Lipinski definition) is 4. The maximum atomic E-state index is 12.0. The molecule has 2 aromatic rings. The van der Waals surface area contributed by atoms with E-state index in [1.165, 1.54) is 17.7 Å². The van der Waals surface area contributed by atoms with Crippen molar-refractivity contribution in [2.45, 2.75) is 13.5 Å². The van der Waals surface area contributed by atoms with E-state index in [0.29, 0.717) is 22.0 Å². The number of hydrogen-bond donors (Lipinski definition) is 1. The summed E-state index contributed by atoms with van der Waals surface area (Å²) in [7, 11) is 1.47. The highest BCUT2D eigenvalue weighted by atomic mass is 35.5. The Kier molecular flexibility index (Phi) is 3.76. The summed E-state index contributed by atoms with van der Waals surface area (Å²) in [5.74, 6) is 0. The molecule has 2 rings (SSSR count). The number of methoxy groups -OCH3 is 1. The van der Waals surface area contributed by atoms with Crippen molar-refractivity contribution >= 4 is 17.3 Å². The van der Waals surface area contributed by atoms with E-state index >= 15 is 0 Å². The number of rotatable bonds is 3. The standard InChI is InChI=1S/C13H14ClN3O2/c1-8-6-12(18)17(13(16-8)19-2)7-9-10(14)4-3-5-11(9)15/h3-6H,7,15H2,1-2H3. The molecule has 0 saturated heterocycles. The highest BCUT2D eigenvalue weighted by Gasteiger charge is 2.11. The Labute approximate surface area is 115 Å². The van der Waals surface area contributed by atoms with E-state index in [1.807, 2.05) is 0 Å². The van der Waals surface area contributed by atoms with E-state index in [0.717, 1.165) is 0 Å². The summed E-state index contributed by atoms with van der Waals surface area (Å²) in [4.78, 5) is 16.2. The summed E-state index contributed by atoms with van der Waals surface area (Å²) < 4.78 is 6.52. The van der Waals surface area contributed by atoms with Crippen LogP contribution in [0.25, 0.3) is 0 Å². The molecule has 0 saturated carbocycles. The van der Waals surface area contributed by atoms with E-state index in [4.69, 9.17) is 22.1 Å². The number of anilines is 1. The number of ether oxygens (including phenoxy) is 1. The van der Waals surface area contributed by atoms with Gasteiger partial charge in [-0.2, -0.15) is 0 Å². The van der Waals surface area contributed by atoms with Gasteiger partial charge in [-0.15, -0.1) is 0 Å². The molecule has 1 heterocycles. The number of aryl methyl sites for hydroxylation is 1. The lowest BCUT2D eigenvalue weighted by Crippen LogP contribution is -2.23. The van der Waals surface area contributed by atoms with Gasteiger partial charge in [0.25, 0.3) is 11.6 Å². The van der Waals surface area contributed by atoms with Gasteiger partial charge >= 0.3 is 0 Å². The minimum atomic E-state index is -0.205. The number of nitrogens with zero attached hydrogens (tertiary/aromatic N) is 2. The molecule has 1 aromatic heterocycles. The largest absolute Gasteiger partial charge is 0.468 e. The van der Waals surface area contributed by atoms with Crippen molar-refractivity contribution in [3.8, 4) is 6.01 Å². The molecule has 0 fully saturated rings. The van der Waals surface area contributed by atoms with Gasteiger partial charge in [-0.3, -0.25) is 9.36 Å². The molecule has 0 amide bonds. The fraction of sp³-hybridized carbons (Fsp3) is 0.231. The molecule has 0 unspecified atom stereocenters. The van der Waals surface area contributed by atoms with Gasteiger partial charge in [0.1, 0.15) is 0 Å². The lowest BCUT2D eigenvalue weighted by atomic mass is 10.2. The first kappa shape index (κ1) is 13.4. The average Bonchev–Trinajstić information content (AvgIpc) is 2.35. The topological polar surface area (TPSA) is 70.1 Å². The first-order valence-electron chi connectivity index (χ1n) is 5.68. The van der Waals surface area contributed by atoms with Crippen LogP contribution in [0.3, 0.4) is 0 Å². The van der Waals surface area contributed by atoms with Crippen LogP contribution in [0.15, 0.2) is 29.1 Å². The lowest BCUT2D eigenvalue weighted by Gasteiger charge is -2.13. The van der Waals surface area contributed by atoms with E-state index in [-0.39, 0.29) is 18.1 Å². The summed E-state index contributed by atoms with van der Waals surface area (Å²) in [5.41, 5.74) is 7.48. The van der Waals surface area contributed by atoms with Crippen molar-refractivity contribution in [2.24, 2.45) is 0 Å². The molecule has 5 nitrogen and oxygen atoms in total. The van der Waals surface area contributed by atoms with Gasteiger partial charge in [-0.25, -0.2) is 4.98 Å². The van der Waals surface area contributed by atoms with E-state index in [9.17, 15) is 4.79 Å². The fourth-order valence-corrected chi connectivity index (χ4v) is 2.04. The van der Waals surface area contributed by atoms with Gasteiger partial charge in [-0.05, 0) is 19.1 Å². The van der Waals surface area contributed by atoms with Crippen molar-refractivity contribution in [3.63, 3.8) is 0 Å². The predicted molar refractivity (Wildman–Crippen MR) is 74.8 cm³/mol. The molecular formula is C13H14ClN3O2. The minimum absolute atomic E-state index is 0.205. The second-order valence-electron chi connectivity index (χ2n) is 4.12. The Morgan fingerprint density at radius 1 is 1.47 bits per heavy atom. The molecule has 0 radical (unpaired) electrons. The smallest absolute Gasteiger partial charge is 0.299 e.